The standard InChI is InChI=1S/C44H52O22S2/c1-17(2)11-12-31(67-43-41(63-24(9)51)39(61-22(7)49)37(59-20(5)47)29(65-43)15-57-18(3)45)26-13-27(53)33-28(54)14-32(36(56)34(33)35(26)55)68-44-42(64-25(10)52)40(62-23(8)50)38(60-21(6)48)30(66-44)16-58-19(4)46/h11,13-14,29-31,37-44,54,56H,12,15-16H2,1-10H3/t29-,30-,31?,37+,38+,39+,40+,41-,42-,43+,44+/m1/s1. The lowest BCUT2D eigenvalue weighted by atomic mass is 9.86. The number of hydrogen-bond donors (Lipinski definition) is 2. The summed E-state index contributed by atoms with van der Waals surface area (Å²) >= 11 is 1.35. The van der Waals surface area contributed by atoms with E-state index in [1.807, 2.05) is 0 Å². The summed E-state index contributed by atoms with van der Waals surface area (Å²) in [6.07, 6.45) is -9.51. The first kappa shape index (κ1) is 54.6. The first-order chi connectivity index (χ1) is 31.8. The maximum absolute atomic E-state index is 14.8. The summed E-state index contributed by atoms with van der Waals surface area (Å²) in [5, 5.41) is 22.2. The van der Waals surface area contributed by atoms with Crippen molar-refractivity contribution < 1.29 is 106 Å². The van der Waals surface area contributed by atoms with Crippen molar-refractivity contribution in [1.82, 2.24) is 0 Å². The summed E-state index contributed by atoms with van der Waals surface area (Å²) in [7, 11) is 0. The molecule has 0 bridgehead atoms. The predicted molar refractivity (Wildman–Crippen MR) is 232 cm³/mol. The Bertz CT molecular complexity index is 2250. The van der Waals surface area contributed by atoms with Gasteiger partial charge in [0.1, 0.15) is 47.8 Å². The Kier molecular flexibility index (Phi) is 19.2. The minimum atomic E-state index is -1.63. The van der Waals surface area contributed by atoms with E-state index in [9.17, 15) is 58.2 Å². The third-order valence-corrected chi connectivity index (χ3v) is 12.4. The number of hydrogen-bond acceptors (Lipinski definition) is 24. The zero-order chi connectivity index (χ0) is 50.9. The molecule has 372 valence electrons. The molecule has 1 aliphatic carbocycles. The molecule has 1 unspecified atom stereocenters. The van der Waals surface area contributed by atoms with Crippen molar-refractivity contribution in [1.29, 1.82) is 0 Å². The highest BCUT2D eigenvalue weighted by molar-refractivity contribution is 8.00. The minimum Gasteiger partial charge on any atom is -0.507 e. The quantitative estimate of drug-likeness (QED) is 0.0980. The van der Waals surface area contributed by atoms with Crippen LogP contribution < -0.4 is 0 Å². The van der Waals surface area contributed by atoms with E-state index in [0.717, 1.165) is 84.9 Å². The van der Waals surface area contributed by atoms with Crippen molar-refractivity contribution in [2.24, 2.45) is 0 Å². The summed E-state index contributed by atoms with van der Waals surface area (Å²) in [6, 6.07) is 0.935. The van der Waals surface area contributed by atoms with Gasteiger partial charge < -0.3 is 57.6 Å². The molecule has 1 aromatic carbocycles. The molecule has 24 heteroatoms. The van der Waals surface area contributed by atoms with Crippen LogP contribution in [0, 0.1) is 0 Å². The number of fused-ring (bicyclic) bond motifs is 1. The molecular weight excluding hydrogens is 945 g/mol. The molecule has 3 aliphatic rings. The topological polar surface area (TPSA) is 303 Å². The molecule has 2 saturated heterocycles. The third-order valence-electron chi connectivity index (χ3n) is 9.79. The van der Waals surface area contributed by atoms with Gasteiger partial charge in [-0.3, -0.25) is 47.9 Å². The fourth-order valence-electron chi connectivity index (χ4n) is 7.32. The van der Waals surface area contributed by atoms with Gasteiger partial charge in [0.05, 0.1) is 16.0 Å². The van der Waals surface area contributed by atoms with Gasteiger partial charge >= 0.3 is 47.8 Å². The van der Waals surface area contributed by atoms with E-state index in [1.165, 1.54) is 0 Å². The number of allylic oxidation sites excluding steroid dienone is 3. The second-order valence-corrected chi connectivity index (χ2v) is 18.1. The largest absolute Gasteiger partial charge is 0.507 e. The maximum atomic E-state index is 14.8. The van der Waals surface area contributed by atoms with Crippen LogP contribution in [-0.4, -0.2) is 148 Å². The highest BCUT2D eigenvalue weighted by Crippen LogP contribution is 2.48. The van der Waals surface area contributed by atoms with E-state index >= 15 is 0 Å². The number of rotatable bonds is 17. The Balaban J connectivity index is 1.85. The number of phenolic OH excluding ortho intramolecular Hbond substituents is 2. The van der Waals surface area contributed by atoms with E-state index in [4.69, 9.17) is 47.4 Å². The van der Waals surface area contributed by atoms with E-state index in [1.54, 1.807) is 19.9 Å². The van der Waals surface area contributed by atoms with Gasteiger partial charge in [0.2, 0.25) is 0 Å². The van der Waals surface area contributed by atoms with Gasteiger partial charge in [0.25, 0.3) is 0 Å². The van der Waals surface area contributed by atoms with Crippen LogP contribution in [0.25, 0.3) is 0 Å². The normalized spacial score (nSPS) is 25.8. The zero-order valence-corrected chi connectivity index (χ0v) is 40.2. The lowest BCUT2D eigenvalue weighted by Crippen LogP contribution is -2.61. The second-order valence-electron chi connectivity index (χ2n) is 15.7. The van der Waals surface area contributed by atoms with Crippen LogP contribution in [0.3, 0.4) is 0 Å². The van der Waals surface area contributed by atoms with Crippen LogP contribution in [0.5, 0.6) is 11.5 Å². The van der Waals surface area contributed by atoms with Crippen LogP contribution in [0.2, 0.25) is 0 Å². The molecular formula is C44H52O22S2. The van der Waals surface area contributed by atoms with Gasteiger partial charge in [-0.15, -0.1) is 11.8 Å². The molecule has 22 nitrogen and oxygen atoms in total. The number of Topliss-reactive ketones (excluding diaryl/α,β-unsaturated/α-hetero) is 1. The average Bonchev–Trinajstić information content (AvgIpc) is 3.20. The minimum absolute atomic E-state index is 0.0357. The Morgan fingerprint density at radius 3 is 1.43 bits per heavy atom. The average molecular weight is 997 g/mol. The first-order valence-electron chi connectivity index (χ1n) is 20.7. The van der Waals surface area contributed by atoms with Crippen LogP contribution in [0.1, 0.15) is 96.4 Å². The van der Waals surface area contributed by atoms with Crippen LogP contribution in [0.15, 0.2) is 34.3 Å². The number of benzene rings is 1. The molecule has 2 aliphatic heterocycles. The maximum Gasteiger partial charge on any atom is 0.303 e. The smallest absolute Gasteiger partial charge is 0.303 e. The molecule has 2 N–H and O–H groups in total. The van der Waals surface area contributed by atoms with Crippen LogP contribution in [0.4, 0.5) is 0 Å². The van der Waals surface area contributed by atoms with Crippen molar-refractivity contribution in [3.05, 3.63) is 40.5 Å². The number of ether oxygens (including phenoxy) is 10. The Hall–Kier alpha value is -5.98. The molecule has 11 atom stereocenters. The zero-order valence-electron chi connectivity index (χ0n) is 38.6. The van der Waals surface area contributed by atoms with E-state index in [0.29, 0.717) is 11.8 Å². The fourth-order valence-corrected chi connectivity index (χ4v) is 9.94. The second kappa shape index (κ2) is 23.8. The molecule has 0 saturated carbocycles. The SMILES string of the molecule is CC(=O)OC[C@H]1O[C@@H](Sc2cc(O)c3c(c2O)C(=O)C(C(CC=C(C)C)S[C@@H]2O[C@H](COC(C)=O)[C@H](OC(C)=O)[C@H](OC(C)=O)[C@H]2OC(C)=O)=CC3=O)[C@H](OC(C)=O)[C@@H](OC(C)=O)[C@H]1OC(C)=O. The van der Waals surface area contributed by atoms with Crippen molar-refractivity contribution >= 4 is 82.8 Å². The molecule has 4 rings (SSSR count). The number of carbonyl (C=O) groups is 10. The Labute approximate surface area is 397 Å². The lowest BCUT2D eigenvalue weighted by molar-refractivity contribution is -0.237. The Morgan fingerprint density at radius 2 is 1.00 bits per heavy atom. The fraction of sp³-hybridized carbons (Fsp3) is 0.545. The number of aromatic hydroxyl groups is 2. The van der Waals surface area contributed by atoms with Crippen molar-refractivity contribution in [3.63, 3.8) is 0 Å². The number of carbonyl (C=O) groups excluding carboxylic acids is 10. The van der Waals surface area contributed by atoms with E-state index < -0.39 is 160 Å². The van der Waals surface area contributed by atoms with Gasteiger partial charge in [0, 0.05) is 66.2 Å². The Morgan fingerprint density at radius 1 is 0.588 bits per heavy atom. The molecule has 0 aromatic heterocycles. The monoisotopic (exact) mass is 996 g/mol. The van der Waals surface area contributed by atoms with Crippen LogP contribution >= 0.6 is 23.5 Å². The highest BCUT2D eigenvalue weighted by atomic mass is 32.2. The summed E-state index contributed by atoms with van der Waals surface area (Å²) in [6.45, 7) is 10.8. The molecule has 2 heterocycles. The van der Waals surface area contributed by atoms with Crippen LogP contribution in [-0.2, 0) is 85.7 Å². The number of ketones is 2. The summed E-state index contributed by atoms with van der Waals surface area (Å²) in [4.78, 5) is 127. The summed E-state index contributed by atoms with van der Waals surface area (Å²) in [5.41, 5.74) is -3.74. The third kappa shape index (κ3) is 14.3. The first-order valence-corrected chi connectivity index (χ1v) is 22.6. The van der Waals surface area contributed by atoms with Gasteiger partial charge in [0.15, 0.2) is 48.2 Å². The summed E-state index contributed by atoms with van der Waals surface area (Å²) < 4.78 is 55.8. The predicted octanol–water partition coefficient (Wildman–Crippen LogP) is 3.12. The number of thioether (sulfide) groups is 2. The number of phenols is 2. The van der Waals surface area contributed by atoms with E-state index in [2.05, 4.69) is 0 Å². The molecule has 0 spiro atoms. The van der Waals surface area contributed by atoms with Gasteiger partial charge in [-0.1, -0.05) is 23.4 Å². The molecule has 68 heavy (non-hydrogen) atoms. The van der Waals surface area contributed by atoms with Crippen molar-refractivity contribution in [2.45, 2.75) is 146 Å². The lowest BCUT2D eigenvalue weighted by Gasteiger charge is -2.45. The number of esters is 8. The molecule has 2 fully saturated rings. The molecule has 0 radical (unpaired) electrons. The van der Waals surface area contributed by atoms with E-state index in [-0.39, 0.29) is 16.9 Å². The van der Waals surface area contributed by atoms with Crippen molar-refractivity contribution in [2.75, 3.05) is 13.2 Å². The molecule has 0 amide bonds. The molecule has 1 aromatic rings. The van der Waals surface area contributed by atoms with Gasteiger partial charge in [-0.05, 0) is 32.4 Å². The van der Waals surface area contributed by atoms with Crippen molar-refractivity contribution in [3.8, 4) is 11.5 Å². The van der Waals surface area contributed by atoms with Gasteiger partial charge in [-0.25, -0.2) is 0 Å². The highest BCUT2D eigenvalue weighted by Gasteiger charge is 2.55. The summed E-state index contributed by atoms with van der Waals surface area (Å²) in [5.74, 6) is -10.4. The van der Waals surface area contributed by atoms with Gasteiger partial charge in [-0.2, -0.15) is 0 Å².